The van der Waals surface area contributed by atoms with E-state index in [1.807, 2.05) is 0 Å². The van der Waals surface area contributed by atoms with E-state index in [0.717, 1.165) is 6.42 Å². The number of fused-ring (bicyclic) bond motifs is 1. The summed E-state index contributed by atoms with van der Waals surface area (Å²) in [5.74, 6) is 0. The second-order valence-electron chi connectivity index (χ2n) is 4.04. The van der Waals surface area contributed by atoms with Gasteiger partial charge < -0.3 is 14.5 Å². The van der Waals surface area contributed by atoms with Gasteiger partial charge in [0.25, 0.3) is 0 Å². The number of aromatic amines is 1. The van der Waals surface area contributed by atoms with Crippen molar-refractivity contribution in [2.24, 2.45) is 0 Å². The van der Waals surface area contributed by atoms with Gasteiger partial charge in [0.05, 0.1) is 25.6 Å². The molecule has 3 heterocycles. The summed E-state index contributed by atoms with van der Waals surface area (Å²) < 4.78 is 12.3. The van der Waals surface area contributed by atoms with Gasteiger partial charge in [-0.15, -0.1) is 0 Å². The first kappa shape index (κ1) is 11.6. The van der Waals surface area contributed by atoms with Gasteiger partial charge in [-0.2, -0.15) is 4.98 Å². The van der Waals surface area contributed by atoms with Crippen molar-refractivity contribution in [3.05, 3.63) is 17.1 Å². The number of H-pyrrole nitrogens is 1. The summed E-state index contributed by atoms with van der Waals surface area (Å²) in [5, 5.41) is 8.14. The van der Waals surface area contributed by atoms with Crippen molar-refractivity contribution in [1.82, 2.24) is 19.5 Å². The van der Waals surface area contributed by atoms with Gasteiger partial charge in [-0.3, -0.25) is 9.98 Å². The zero-order valence-electron chi connectivity index (χ0n) is 9.52. The lowest BCUT2D eigenvalue weighted by Crippen LogP contribution is -2.34. The number of rotatable bonds is 2. The first-order valence-corrected chi connectivity index (χ1v) is 5.97. The van der Waals surface area contributed by atoms with Crippen molar-refractivity contribution in [1.29, 1.82) is 5.41 Å². The third kappa shape index (κ3) is 2.00. The number of aromatic nitrogens is 4. The van der Waals surface area contributed by atoms with Gasteiger partial charge in [-0.05, 0) is 6.42 Å². The van der Waals surface area contributed by atoms with E-state index in [1.54, 1.807) is 10.9 Å². The van der Waals surface area contributed by atoms with Crippen molar-refractivity contribution in [2.45, 2.75) is 19.1 Å². The molecule has 0 aliphatic carbocycles. The summed E-state index contributed by atoms with van der Waals surface area (Å²) in [7, 11) is 0. The molecule has 7 nitrogen and oxygen atoms in total. The standard InChI is InChI=1S/C10H12ClN5O2/c11-8-7-9(14-4-13-7)16(10(12)15-8)3-6-1-2-17-5-18-6/h4,6,12H,1-3,5H2,(H,13,14). The van der Waals surface area contributed by atoms with Crippen molar-refractivity contribution < 1.29 is 9.47 Å². The lowest BCUT2D eigenvalue weighted by atomic mass is 10.2. The smallest absolute Gasteiger partial charge is 0.225 e. The average Bonchev–Trinajstić information content (AvgIpc) is 2.85. The third-order valence-corrected chi connectivity index (χ3v) is 3.17. The molecule has 3 rings (SSSR count). The van der Waals surface area contributed by atoms with Crippen LogP contribution in [0.2, 0.25) is 5.15 Å². The second kappa shape index (κ2) is 4.68. The molecule has 1 fully saturated rings. The first-order valence-electron chi connectivity index (χ1n) is 5.59. The molecule has 0 spiro atoms. The Morgan fingerprint density at radius 1 is 1.61 bits per heavy atom. The van der Waals surface area contributed by atoms with Crippen LogP contribution in [0.1, 0.15) is 6.42 Å². The fraction of sp³-hybridized carbons (Fsp3) is 0.500. The van der Waals surface area contributed by atoms with Gasteiger partial charge in [-0.1, -0.05) is 11.6 Å². The number of nitrogens with one attached hydrogen (secondary N) is 2. The molecule has 0 aromatic carbocycles. The maximum Gasteiger partial charge on any atom is 0.225 e. The number of imidazole rings is 1. The summed E-state index contributed by atoms with van der Waals surface area (Å²) in [4.78, 5) is 11.1. The highest BCUT2D eigenvalue weighted by molar-refractivity contribution is 6.33. The topological polar surface area (TPSA) is 88.8 Å². The summed E-state index contributed by atoms with van der Waals surface area (Å²) in [6, 6.07) is 0. The van der Waals surface area contributed by atoms with Gasteiger partial charge in [0, 0.05) is 0 Å². The van der Waals surface area contributed by atoms with Gasteiger partial charge in [0.15, 0.2) is 10.8 Å². The molecule has 1 unspecified atom stereocenters. The van der Waals surface area contributed by atoms with Crippen LogP contribution in [0.15, 0.2) is 6.33 Å². The largest absolute Gasteiger partial charge is 0.355 e. The summed E-state index contributed by atoms with van der Waals surface area (Å²) >= 11 is 5.95. The lowest BCUT2D eigenvalue weighted by Gasteiger charge is -2.23. The molecule has 1 atom stereocenters. The Balaban J connectivity index is 2.00. The summed E-state index contributed by atoms with van der Waals surface area (Å²) in [6.45, 7) is 1.49. The molecule has 0 amide bonds. The van der Waals surface area contributed by atoms with Crippen LogP contribution < -0.4 is 5.62 Å². The maximum atomic E-state index is 7.88. The molecular weight excluding hydrogens is 258 g/mol. The number of nitrogens with zero attached hydrogens (tertiary/aromatic N) is 3. The number of ether oxygens (including phenoxy) is 2. The predicted octanol–water partition coefficient (Wildman–Crippen LogP) is 0.655. The van der Waals surface area contributed by atoms with Crippen LogP contribution in [-0.4, -0.2) is 39.0 Å². The minimum atomic E-state index is 0.00993. The van der Waals surface area contributed by atoms with E-state index in [2.05, 4.69) is 15.0 Å². The van der Waals surface area contributed by atoms with Gasteiger partial charge in [-0.25, -0.2) is 4.98 Å². The highest BCUT2D eigenvalue weighted by Gasteiger charge is 2.18. The molecule has 18 heavy (non-hydrogen) atoms. The van der Waals surface area contributed by atoms with E-state index < -0.39 is 0 Å². The zero-order chi connectivity index (χ0) is 12.5. The fourth-order valence-electron chi connectivity index (χ4n) is 1.98. The molecule has 0 saturated carbocycles. The molecule has 2 N–H and O–H groups in total. The van der Waals surface area contributed by atoms with Gasteiger partial charge in [0.2, 0.25) is 5.62 Å². The number of hydrogen-bond donors (Lipinski definition) is 2. The molecule has 1 aliphatic heterocycles. The van der Waals surface area contributed by atoms with Crippen LogP contribution in [0, 0.1) is 5.41 Å². The summed E-state index contributed by atoms with van der Waals surface area (Å²) in [5.41, 5.74) is 1.34. The van der Waals surface area contributed by atoms with Gasteiger partial charge in [0.1, 0.15) is 12.3 Å². The maximum absolute atomic E-state index is 7.88. The quantitative estimate of drug-likeness (QED) is 0.784. The predicted molar refractivity (Wildman–Crippen MR) is 63.1 cm³/mol. The fourth-order valence-corrected chi connectivity index (χ4v) is 2.19. The van der Waals surface area contributed by atoms with Crippen molar-refractivity contribution in [2.75, 3.05) is 13.4 Å². The first-order chi connectivity index (χ1) is 8.75. The Bertz CT molecular complexity index is 616. The highest BCUT2D eigenvalue weighted by atomic mass is 35.5. The van der Waals surface area contributed by atoms with Crippen LogP contribution in [0.3, 0.4) is 0 Å². The number of halogens is 1. The minimum absolute atomic E-state index is 0.00993. The van der Waals surface area contributed by atoms with E-state index in [1.165, 1.54) is 0 Å². The van der Waals surface area contributed by atoms with Crippen LogP contribution in [0.5, 0.6) is 0 Å². The van der Waals surface area contributed by atoms with Crippen molar-refractivity contribution in [3.8, 4) is 0 Å². The number of hydrogen-bond acceptors (Lipinski definition) is 5. The normalized spacial score (nSPS) is 20.4. The van der Waals surface area contributed by atoms with E-state index in [-0.39, 0.29) is 16.9 Å². The molecule has 2 aromatic rings. The molecule has 0 radical (unpaired) electrons. The SMILES string of the molecule is N=c1nc(Cl)c2[nH]cnc2n1CC1CCOCO1. The Morgan fingerprint density at radius 2 is 2.50 bits per heavy atom. The Morgan fingerprint density at radius 3 is 3.28 bits per heavy atom. The monoisotopic (exact) mass is 269 g/mol. The van der Waals surface area contributed by atoms with Crippen LogP contribution >= 0.6 is 11.6 Å². The average molecular weight is 270 g/mol. The molecule has 1 saturated heterocycles. The lowest BCUT2D eigenvalue weighted by molar-refractivity contribution is -0.142. The van der Waals surface area contributed by atoms with Gasteiger partial charge >= 0.3 is 0 Å². The Hall–Kier alpha value is -1.44. The van der Waals surface area contributed by atoms with Crippen LogP contribution in [-0.2, 0) is 16.0 Å². The second-order valence-corrected chi connectivity index (χ2v) is 4.40. The van der Waals surface area contributed by atoms with Crippen LogP contribution in [0.4, 0.5) is 0 Å². The Kier molecular flexibility index (Phi) is 3.02. The van der Waals surface area contributed by atoms with Crippen molar-refractivity contribution in [3.63, 3.8) is 0 Å². The molecule has 2 aromatic heterocycles. The highest BCUT2D eigenvalue weighted by Crippen LogP contribution is 2.16. The molecule has 1 aliphatic rings. The van der Waals surface area contributed by atoms with E-state index in [0.29, 0.717) is 31.1 Å². The van der Waals surface area contributed by atoms with E-state index >= 15 is 0 Å². The molecule has 8 heteroatoms. The van der Waals surface area contributed by atoms with Crippen molar-refractivity contribution >= 4 is 22.8 Å². The third-order valence-electron chi connectivity index (χ3n) is 2.90. The minimum Gasteiger partial charge on any atom is -0.355 e. The Labute approximate surface area is 107 Å². The summed E-state index contributed by atoms with van der Waals surface area (Å²) in [6.07, 6.45) is 2.34. The molecule has 0 bridgehead atoms. The van der Waals surface area contributed by atoms with Crippen LogP contribution in [0.25, 0.3) is 11.2 Å². The zero-order valence-corrected chi connectivity index (χ0v) is 10.3. The molecular formula is C10H12ClN5O2. The van der Waals surface area contributed by atoms with E-state index in [4.69, 9.17) is 26.5 Å². The van der Waals surface area contributed by atoms with E-state index in [9.17, 15) is 0 Å². The molecule has 96 valence electrons.